The van der Waals surface area contributed by atoms with Gasteiger partial charge in [0.15, 0.2) is 0 Å². The molecule has 12 nitrogen and oxygen atoms in total. The van der Waals surface area contributed by atoms with E-state index in [0.717, 1.165) is 34.4 Å². The van der Waals surface area contributed by atoms with Crippen LogP contribution >= 0.6 is 0 Å². The first-order valence-corrected chi connectivity index (χ1v) is 15.4. The molecule has 3 rings (SSSR count). The quantitative estimate of drug-likeness (QED) is 0.0540. The third-order valence-electron chi connectivity index (χ3n) is 6.55. The molecule has 0 atom stereocenters. The highest BCUT2D eigenvalue weighted by atomic mass is 16.6. The molecule has 0 aliphatic carbocycles. The van der Waals surface area contributed by atoms with E-state index in [1.807, 2.05) is 24.3 Å². The number of hydrogen-bond donors (Lipinski definition) is 0. The Hall–Kier alpha value is -6.30. The number of ether oxygens (including phenoxy) is 6. The van der Waals surface area contributed by atoms with Crippen LogP contribution in [0.2, 0.25) is 0 Å². The van der Waals surface area contributed by atoms with Gasteiger partial charge in [-0.2, -0.15) is 0 Å². The summed E-state index contributed by atoms with van der Waals surface area (Å²) in [7, 11) is 0. The summed E-state index contributed by atoms with van der Waals surface area (Å²) in [5.41, 5.74) is 3.47. The fraction of sp³-hybridized carbons (Fsp3) is 0.211. The monoisotopic (exact) mass is 684 g/mol. The van der Waals surface area contributed by atoms with Gasteiger partial charge >= 0.3 is 35.8 Å². The standard InChI is InChI=1S/C38H36O12/c1-3-33(39)45-23-21-28-7-14-31(15-8-28)49-37(43)18-9-27-5-10-29(11-6-27)30-12-16-32(17-13-30)50-38(44)22-24-46-35(41)19-20-36(42)48-26-25-47-34(40)4-2/h3-18H,1-2,19-26H2/b18-9+. The maximum absolute atomic E-state index is 12.3. The Balaban J connectivity index is 1.35. The third kappa shape index (κ3) is 14.6. The summed E-state index contributed by atoms with van der Waals surface area (Å²) in [6.45, 7) is 6.32. The van der Waals surface area contributed by atoms with Gasteiger partial charge in [-0.25, -0.2) is 14.4 Å². The van der Waals surface area contributed by atoms with Gasteiger partial charge in [-0.1, -0.05) is 61.7 Å². The van der Waals surface area contributed by atoms with Gasteiger partial charge in [-0.3, -0.25) is 14.4 Å². The Morgan fingerprint density at radius 2 is 1.00 bits per heavy atom. The topological polar surface area (TPSA) is 158 Å². The minimum absolute atomic E-state index is 0.126. The number of benzene rings is 3. The molecule has 0 spiro atoms. The van der Waals surface area contributed by atoms with Gasteiger partial charge in [0.1, 0.15) is 31.3 Å². The highest BCUT2D eigenvalue weighted by molar-refractivity contribution is 5.89. The van der Waals surface area contributed by atoms with Gasteiger partial charge in [-0.05, 0) is 52.6 Å². The average molecular weight is 685 g/mol. The van der Waals surface area contributed by atoms with Crippen LogP contribution in [0, 0.1) is 0 Å². The summed E-state index contributed by atoms with van der Waals surface area (Å²) in [6.07, 6.45) is 4.93. The zero-order valence-electron chi connectivity index (χ0n) is 27.2. The van der Waals surface area contributed by atoms with Gasteiger partial charge < -0.3 is 28.4 Å². The van der Waals surface area contributed by atoms with Crippen molar-refractivity contribution < 1.29 is 57.2 Å². The van der Waals surface area contributed by atoms with E-state index in [-0.39, 0.29) is 45.7 Å². The number of carbonyl (C=O) groups is 6. The Bertz CT molecular complexity index is 1670. The van der Waals surface area contributed by atoms with Crippen molar-refractivity contribution in [3.05, 3.63) is 115 Å². The molecule has 0 amide bonds. The van der Waals surface area contributed by atoms with E-state index in [1.54, 1.807) is 54.6 Å². The van der Waals surface area contributed by atoms with Crippen LogP contribution in [0.4, 0.5) is 0 Å². The minimum atomic E-state index is -0.677. The highest BCUT2D eigenvalue weighted by Gasteiger charge is 2.12. The second-order valence-electron chi connectivity index (χ2n) is 10.2. The molecule has 50 heavy (non-hydrogen) atoms. The summed E-state index contributed by atoms with van der Waals surface area (Å²) in [5, 5.41) is 0. The molecule has 0 saturated carbocycles. The van der Waals surface area contributed by atoms with Crippen molar-refractivity contribution in [1.82, 2.24) is 0 Å². The van der Waals surface area contributed by atoms with Crippen molar-refractivity contribution in [3.8, 4) is 22.6 Å². The molecule has 0 unspecified atom stereocenters. The fourth-order valence-corrected chi connectivity index (χ4v) is 4.00. The van der Waals surface area contributed by atoms with Crippen LogP contribution in [-0.4, -0.2) is 62.2 Å². The molecule has 260 valence electrons. The first-order valence-electron chi connectivity index (χ1n) is 15.4. The van der Waals surface area contributed by atoms with E-state index >= 15 is 0 Å². The molecular formula is C38H36O12. The van der Waals surface area contributed by atoms with Crippen molar-refractivity contribution in [3.63, 3.8) is 0 Å². The Labute approximate surface area is 288 Å². The van der Waals surface area contributed by atoms with Crippen molar-refractivity contribution in [1.29, 1.82) is 0 Å². The van der Waals surface area contributed by atoms with Crippen LogP contribution in [0.1, 0.15) is 30.4 Å². The van der Waals surface area contributed by atoms with Gasteiger partial charge in [-0.15, -0.1) is 0 Å². The molecule has 0 heterocycles. The van der Waals surface area contributed by atoms with Gasteiger partial charge in [0.2, 0.25) is 0 Å². The van der Waals surface area contributed by atoms with Crippen LogP contribution < -0.4 is 9.47 Å². The van der Waals surface area contributed by atoms with Crippen LogP contribution in [-0.2, 0) is 54.1 Å². The summed E-state index contributed by atoms with van der Waals surface area (Å²) in [5.74, 6) is -2.89. The molecule has 0 aliphatic rings. The lowest BCUT2D eigenvalue weighted by Gasteiger charge is -2.08. The minimum Gasteiger partial charge on any atom is -0.465 e. The molecule has 0 aliphatic heterocycles. The fourth-order valence-electron chi connectivity index (χ4n) is 4.00. The molecular weight excluding hydrogens is 648 g/mol. The first kappa shape index (κ1) is 38.2. The lowest BCUT2D eigenvalue weighted by molar-refractivity contribution is -0.153. The van der Waals surface area contributed by atoms with Crippen molar-refractivity contribution >= 4 is 41.9 Å². The number of esters is 6. The first-order chi connectivity index (χ1) is 24.1. The SMILES string of the molecule is C=CC(=O)OCCOC(=O)CCC(=O)OCCC(=O)Oc1ccc(-c2ccc(/C=C/C(=O)Oc3ccc(CCOC(=O)C=C)cc3)cc2)cc1. The molecule has 0 fully saturated rings. The predicted octanol–water partition coefficient (Wildman–Crippen LogP) is 5.14. The molecule has 0 radical (unpaired) electrons. The summed E-state index contributed by atoms with van der Waals surface area (Å²) >= 11 is 0. The highest BCUT2D eigenvalue weighted by Crippen LogP contribution is 2.23. The average Bonchev–Trinajstić information content (AvgIpc) is 3.12. The molecule has 0 N–H and O–H groups in total. The molecule has 12 heteroatoms. The summed E-state index contributed by atoms with van der Waals surface area (Å²) in [6, 6.07) is 21.2. The normalized spacial score (nSPS) is 10.4. The lowest BCUT2D eigenvalue weighted by atomic mass is 10.0. The van der Waals surface area contributed by atoms with E-state index in [0.29, 0.717) is 17.9 Å². The largest absolute Gasteiger partial charge is 0.465 e. The second kappa shape index (κ2) is 20.8. The van der Waals surface area contributed by atoms with E-state index in [1.165, 1.54) is 6.08 Å². The molecule has 3 aromatic carbocycles. The Morgan fingerprint density at radius 3 is 1.60 bits per heavy atom. The molecule has 0 aromatic heterocycles. The number of rotatable bonds is 19. The van der Waals surface area contributed by atoms with Crippen LogP contribution in [0.25, 0.3) is 17.2 Å². The number of carbonyl (C=O) groups excluding carboxylic acids is 6. The lowest BCUT2D eigenvalue weighted by Crippen LogP contribution is -2.16. The Morgan fingerprint density at radius 1 is 0.500 bits per heavy atom. The van der Waals surface area contributed by atoms with E-state index < -0.39 is 35.8 Å². The number of hydrogen-bond acceptors (Lipinski definition) is 12. The smallest absolute Gasteiger partial charge is 0.336 e. The Kier molecular flexibility index (Phi) is 15.9. The predicted molar refractivity (Wildman–Crippen MR) is 180 cm³/mol. The van der Waals surface area contributed by atoms with Gasteiger partial charge in [0.05, 0.1) is 25.9 Å². The van der Waals surface area contributed by atoms with Crippen molar-refractivity contribution in [2.45, 2.75) is 25.7 Å². The molecule has 0 saturated heterocycles. The van der Waals surface area contributed by atoms with Gasteiger partial charge in [0.25, 0.3) is 0 Å². The molecule has 3 aromatic rings. The third-order valence-corrected chi connectivity index (χ3v) is 6.55. The van der Waals surface area contributed by atoms with E-state index in [2.05, 4.69) is 17.9 Å². The maximum Gasteiger partial charge on any atom is 0.336 e. The van der Waals surface area contributed by atoms with E-state index in [4.69, 9.17) is 23.7 Å². The maximum atomic E-state index is 12.3. The second-order valence-corrected chi connectivity index (χ2v) is 10.2. The molecule has 0 bridgehead atoms. The summed E-state index contributed by atoms with van der Waals surface area (Å²) in [4.78, 5) is 69.9. The van der Waals surface area contributed by atoms with Crippen molar-refractivity contribution in [2.24, 2.45) is 0 Å². The van der Waals surface area contributed by atoms with E-state index in [9.17, 15) is 28.8 Å². The zero-order chi connectivity index (χ0) is 36.1. The van der Waals surface area contributed by atoms with Crippen LogP contribution in [0.3, 0.4) is 0 Å². The van der Waals surface area contributed by atoms with Crippen molar-refractivity contribution in [2.75, 3.05) is 26.4 Å². The van der Waals surface area contributed by atoms with Crippen LogP contribution in [0.5, 0.6) is 11.5 Å². The van der Waals surface area contributed by atoms with Gasteiger partial charge in [0, 0.05) is 24.6 Å². The van der Waals surface area contributed by atoms with Crippen LogP contribution in [0.15, 0.2) is 104 Å². The summed E-state index contributed by atoms with van der Waals surface area (Å²) < 4.78 is 30.1. The zero-order valence-corrected chi connectivity index (χ0v) is 27.2.